The van der Waals surface area contributed by atoms with E-state index in [-0.39, 0.29) is 18.1 Å². The summed E-state index contributed by atoms with van der Waals surface area (Å²) < 4.78 is 0. The topological polar surface area (TPSA) is 64.4 Å². The van der Waals surface area contributed by atoms with Crippen LogP contribution in [-0.2, 0) is 9.63 Å². The Kier molecular flexibility index (Phi) is 5.65. The van der Waals surface area contributed by atoms with Crippen molar-refractivity contribution in [1.82, 2.24) is 5.48 Å². The molecule has 88 valence electrons. The van der Waals surface area contributed by atoms with Gasteiger partial charge in [-0.15, -0.1) is 0 Å². The molecular formula is C11H22N2O2. The zero-order valence-electron chi connectivity index (χ0n) is 9.50. The first-order valence-corrected chi connectivity index (χ1v) is 5.88. The zero-order chi connectivity index (χ0) is 11.1. The van der Waals surface area contributed by atoms with Crippen LogP contribution in [0.5, 0.6) is 0 Å². The molecule has 0 aromatic rings. The molecule has 0 bridgehead atoms. The number of nitrogens with two attached hydrogens (primary N) is 1. The van der Waals surface area contributed by atoms with Gasteiger partial charge in [0.2, 0.25) is 5.91 Å². The molecule has 0 spiro atoms. The number of hydroxylamine groups is 1. The van der Waals surface area contributed by atoms with Gasteiger partial charge in [-0.2, -0.15) is 0 Å². The summed E-state index contributed by atoms with van der Waals surface area (Å²) in [7, 11) is 0. The minimum Gasteiger partial charge on any atom is -0.328 e. The first kappa shape index (κ1) is 12.5. The summed E-state index contributed by atoms with van der Waals surface area (Å²) in [5.41, 5.74) is 8.11. The lowest BCUT2D eigenvalue weighted by Gasteiger charge is -2.11. The summed E-state index contributed by atoms with van der Waals surface area (Å²) in [6.45, 7) is 1.95. The van der Waals surface area contributed by atoms with Crippen molar-refractivity contribution in [3.8, 4) is 0 Å². The first-order valence-electron chi connectivity index (χ1n) is 5.88. The molecule has 4 heteroatoms. The van der Waals surface area contributed by atoms with E-state index in [1.807, 2.05) is 6.92 Å². The van der Waals surface area contributed by atoms with Gasteiger partial charge in [0, 0.05) is 12.5 Å². The molecule has 1 unspecified atom stereocenters. The lowest BCUT2D eigenvalue weighted by Crippen LogP contribution is -2.28. The second-order valence-corrected chi connectivity index (χ2v) is 4.42. The van der Waals surface area contributed by atoms with Crippen molar-refractivity contribution in [3.63, 3.8) is 0 Å². The van der Waals surface area contributed by atoms with Crippen LogP contribution in [0.2, 0.25) is 0 Å². The fourth-order valence-electron chi connectivity index (χ4n) is 1.79. The number of amides is 1. The summed E-state index contributed by atoms with van der Waals surface area (Å²) in [5.74, 6) is -0.0254. The molecule has 1 rings (SSSR count). The van der Waals surface area contributed by atoms with E-state index in [2.05, 4.69) is 5.48 Å². The third-order valence-electron chi connectivity index (χ3n) is 2.70. The summed E-state index contributed by atoms with van der Waals surface area (Å²) in [5, 5.41) is 0. The largest absolute Gasteiger partial charge is 0.328 e. The molecule has 0 saturated heterocycles. The second-order valence-electron chi connectivity index (χ2n) is 4.42. The Labute approximate surface area is 91.5 Å². The van der Waals surface area contributed by atoms with Gasteiger partial charge in [-0.25, -0.2) is 5.48 Å². The van der Waals surface area contributed by atoms with Crippen LogP contribution in [0.25, 0.3) is 0 Å². The van der Waals surface area contributed by atoms with E-state index in [0.717, 1.165) is 25.7 Å². The van der Waals surface area contributed by atoms with Crippen molar-refractivity contribution in [3.05, 3.63) is 0 Å². The first-order chi connectivity index (χ1) is 7.18. The molecular weight excluding hydrogens is 192 g/mol. The summed E-state index contributed by atoms with van der Waals surface area (Å²) >= 11 is 0. The van der Waals surface area contributed by atoms with Crippen LogP contribution in [-0.4, -0.2) is 18.1 Å². The van der Waals surface area contributed by atoms with Gasteiger partial charge in [0.15, 0.2) is 0 Å². The SMILES string of the molecule is CC(N)CCCC(=O)NOC1CCCC1. The Hall–Kier alpha value is -0.610. The van der Waals surface area contributed by atoms with Crippen molar-refractivity contribution in [1.29, 1.82) is 0 Å². The maximum absolute atomic E-state index is 11.3. The van der Waals surface area contributed by atoms with Gasteiger partial charge in [-0.3, -0.25) is 9.63 Å². The quantitative estimate of drug-likeness (QED) is 0.658. The third kappa shape index (κ3) is 5.74. The second kappa shape index (κ2) is 6.80. The number of hydrogen-bond acceptors (Lipinski definition) is 3. The van der Waals surface area contributed by atoms with Crippen molar-refractivity contribution in [2.24, 2.45) is 5.73 Å². The molecule has 1 aliphatic rings. The number of carbonyl (C=O) groups is 1. The average molecular weight is 214 g/mol. The molecule has 3 N–H and O–H groups in total. The zero-order valence-corrected chi connectivity index (χ0v) is 9.50. The van der Waals surface area contributed by atoms with Crippen LogP contribution in [0.4, 0.5) is 0 Å². The fourth-order valence-corrected chi connectivity index (χ4v) is 1.79. The van der Waals surface area contributed by atoms with Gasteiger partial charge < -0.3 is 5.73 Å². The molecule has 1 aliphatic carbocycles. The number of carbonyl (C=O) groups excluding carboxylic acids is 1. The molecule has 1 atom stereocenters. The molecule has 1 amide bonds. The van der Waals surface area contributed by atoms with Crippen LogP contribution in [0, 0.1) is 0 Å². The van der Waals surface area contributed by atoms with Gasteiger partial charge in [-0.05, 0) is 32.6 Å². The maximum Gasteiger partial charge on any atom is 0.243 e. The highest BCUT2D eigenvalue weighted by Gasteiger charge is 2.16. The van der Waals surface area contributed by atoms with E-state index in [1.54, 1.807) is 0 Å². The van der Waals surface area contributed by atoms with Gasteiger partial charge in [0.1, 0.15) is 0 Å². The molecule has 15 heavy (non-hydrogen) atoms. The number of nitrogens with one attached hydrogen (secondary N) is 1. The van der Waals surface area contributed by atoms with Crippen LogP contribution < -0.4 is 11.2 Å². The maximum atomic E-state index is 11.3. The Morgan fingerprint density at radius 1 is 1.53 bits per heavy atom. The lowest BCUT2D eigenvalue weighted by molar-refractivity contribution is -0.138. The Morgan fingerprint density at radius 2 is 2.20 bits per heavy atom. The number of hydrogen-bond donors (Lipinski definition) is 2. The Morgan fingerprint density at radius 3 is 2.80 bits per heavy atom. The van der Waals surface area contributed by atoms with E-state index >= 15 is 0 Å². The summed E-state index contributed by atoms with van der Waals surface area (Å²) in [6.07, 6.45) is 7.03. The Bertz CT molecular complexity index is 189. The molecule has 0 heterocycles. The molecule has 4 nitrogen and oxygen atoms in total. The van der Waals surface area contributed by atoms with E-state index < -0.39 is 0 Å². The summed E-state index contributed by atoms with van der Waals surface area (Å²) in [6, 6.07) is 0.175. The van der Waals surface area contributed by atoms with Gasteiger partial charge in [0.25, 0.3) is 0 Å². The van der Waals surface area contributed by atoms with Crippen LogP contribution in [0.1, 0.15) is 51.9 Å². The summed E-state index contributed by atoms with van der Waals surface area (Å²) in [4.78, 5) is 16.6. The van der Waals surface area contributed by atoms with Crippen LogP contribution in [0.3, 0.4) is 0 Å². The van der Waals surface area contributed by atoms with Gasteiger partial charge in [0.05, 0.1) is 6.10 Å². The molecule has 0 aliphatic heterocycles. The Balaban J connectivity index is 1.98. The predicted molar refractivity (Wildman–Crippen MR) is 59.0 cm³/mol. The molecule has 0 aromatic heterocycles. The molecule has 0 radical (unpaired) electrons. The minimum absolute atomic E-state index is 0.0254. The highest BCUT2D eigenvalue weighted by Crippen LogP contribution is 2.19. The van der Waals surface area contributed by atoms with E-state index in [1.165, 1.54) is 12.8 Å². The fraction of sp³-hybridized carbons (Fsp3) is 0.909. The smallest absolute Gasteiger partial charge is 0.243 e. The van der Waals surface area contributed by atoms with Crippen LogP contribution >= 0.6 is 0 Å². The monoisotopic (exact) mass is 214 g/mol. The average Bonchev–Trinajstić information content (AvgIpc) is 2.66. The molecule has 1 saturated carbocycles. The van der Waals surface area contributed by atoms with Crippen LogP contribution in [0.15, 0.2) is 0 Å². The van der Waals surface area contributed by atoms with Gasteiger partial charge in [-0.1, -0.05) is 12.8 Å². The highest BCUT2D eigenvalue weighted by molar-refractivity contribution is 5.74. The third-order valence-corrected chi connectivity index (χ3v) is 2.70. The normalized spacial score (nSPS) is 19.1. The van der Waals surface area contributed by atoms with E-state index in [4.69, 9.17) is 10.6 Å². The lowest BCUT2D eigenvalue weighted by atomic mass is 10.1. The molecule has 0 aromatic carbocycles. The number of rotatable bonds is 6. The molecule has 1 fully saturated rings. The highest BCUT2D eigenvalue weighted by atomic mass is 16.7. The standard InChI is InChI=1S/C11H22N2O2/c1-9(12)5-4-8-11(14)13-15-10-6-2-3-7-10/h9-10H,2-8,12H2,1H3,(H,13,14). The van der Waals surface area contributed by atoms with E-state index in [0.29, 0.717) is 6.42 Å². The predicted octanol–water partition coefficient (Wildman–Crippen LogP) is 1.49. The van der Waals surface area contributed by atoms with Gasteiger partial charge >= 0.3 is 0 Å². The van der Waals surface area contributed by atoms with E-state index in [9.17, 15) is 4.79 Å². The minimum atomic E-state index is -0.0254. The van der Waals surface area contributed by atoms with Crippen molar-refractivity contribution in [2.75, 3.05) is 0 Å². The van der Waals surface area contributed by atoms with Crippen molar-refractivity contribution in [2.45, 2.75) is 64.0 Å². The van der Waals surface area contributed by atoms with Crippen molar-refractivity contribution < 1.29 is 9.63 Å². The van der Waals surface area contributed by atoms with Crippen molar-refractivity contribution >= 4 is 5.91 Å².